The summed E-state index contributed by atoms with van der Waals surface area (Å²) in [7, 11) is 0. The van der Waals surface area contributed by atoms with E-state index in [-0.39, 0.29) is 11.9 Å². The predicted octanol–water partition coefficient (Wildman–Crippen LogP) is 1.56. The third-order valence-electron chi connectivity index (χ3n) is 3.80. The van der Waals surface area contributed by atoms with Crippen LogP contribution in [0.4, 0.5) is 5.13 Å². The number of aryl methyl sites for hydroxylation is 1. The van der Waals surface area contributed by atoms with Crippen molar-refractivity contribution in [1.29, 1.82) is 0 Å². The normalized spacial score (nSPS) is 17.0. The van der Waals surface area contributed by atoms with Gasteiger partial charge in [-0.1, -0.05) is 0 Å². The highest BCUT2D eigenvalue weighted by Crippen LogP contribution is 2.22. The van der Waals surface area contributed by atoms with Gasteiger partial charge in [0.15, 0.2) is 5.13 Å². The summed E-state index contributed by atoms with van der Waals surface area (Å²) < 4.78 is 1.85. The van der Waals surface area contributed by atoms with Gasteiger partial charge in [-0.05, 0) is 13.8 Å². The minimum atomic E-state index is -0.193. The molecule has 0 N–H and O–H groups in total. The van der Waals surface area contributed by atoms with E-state index in [1.54, 1.807) is 23.9 Å². The SMILES string of the molecule is Cc1csc(N2CCN(C(=O)[C@H](C)n3ccnc3)CC2)n1. The molecule has 1 aliphatic rings. The molecule has 0 spiro atoms. The number of rotatable bonds is 3. The van der Waals surface area contributed by atoms with Crippen LogP contribution in [0.25, 0.3) is 0 Å². The molecule has 1 aliphatic heterocycles. The Bertz CT molecular complexity index is 601. The van der Waals surface area contributed by atoms with Crippen LogP contribution < -0.4 is 4.90 Å². The van der Waals surface area contributed by atoms with Crippen molar-refractivity contribution >= 4 is 22.4 Å². The van der Waals surface area contributed by atoms with Crippen molar-refractivity contribution in [1.82, 2.24) is 19.4 Å². The van der Waals surface area contributed by atoms with Gasteiger partial charge in [0.2, 0.25) is 5.91 Å². The van der Waals surface area contributed by atoms with Crippen molar-refractivity contribution in [2.45, 2.75) is 19.9 Å². The zero-order valence-corrected chi connectivity index (χ0v) is 13.1. The second-order valence-corrected chi connectivity index (χ2v) is 6.11. The second kappa shape index (κ2) is 5.85. The van der Waals surface area contributed by atoms with Crippen molar-refractivity contribution < 1.29 is 4.79 Å². The maximum atomic E-state index is 12.5. The average molecular weight is 305 g/mol. The molecule has 1 amide bonds. The zero-order valence-electron chi connectivity index (χ0n) is 12.3. The molecule has 1 fully saturated rings. The van der Waals surface area contributed by atoms with E-state index >= 15 is 0 Å². The van der Waals surface area contributed by atoms with Gasteiger partial charge in [-0.3, -0.25) is 4.79 Å². The standard InChI is InChI=1S/C14H19N5OS/c1-11-9-21-14(16-11)18-7-5-17(6-8-18)13(20)12(2)19-4-3-15-10-19/h3-4,9-10,12H,5-8H2,1-2H3/t12-/m0/s1. The van der Waals surface area contributed by atoms with E-state index < -0.39 is 0 Å². The van der Waals surface area contributed by atoms with Crippen LogP contribution in [0.2, 0.25) is 0 Å². The lowest BCUT2D eigenvalue weighted by molar-refractivity contribution is -0.134. The Morgan fingerprint density at radius 3 is 2.67 bits per heavy atom. The number of amides is 1. The minimum Gasteiger partial charge on any atom is -0.345 e. The van der Waals surface area contributed by atoms with Crippen molar-refractivity contribution in [3.8, 4) is 0 Å². The van der Waals surface area contributed by atoms with Gasteiger partial charge in [0.1, 0.15) is 6.04 Å². The molecule has 0 bridgehead atoms. The first-order valence-electron chi connectivity index (χ1n) is 7.08. The van der Waals surface area contributed by atoms with Crippen LogP contribution >= 0.6 is 11.3 Å². The van der Waals surface area contributed by atoms with Gasteiger partial charge in [0.25, 0.3) is 0 Å². The Balaban J connectivity index is 1.59. The quantitative estimate of drug-likeness (QED) is 0.863. The number of carbonyl (C=O) groups excluding carboxylic acids is 1. The number of carbonyl (C=O) groups is 1. The first-order chi connectivity index (χ1) is 10.1. The summed E-state index contributed by atoms with van der Waals surface area (Å²) in [6.07, 6.45) is 5.22. The number of nitrogens with zero attached hydrogens (tertiary/aromatic N) is 5. The molecule has 0 unspecified atom stereocenters. The van der Waals surface area contributed by atoms with Crippen molar-refractivity contribution in [3.05, 3.63) is 29.8 Å². The van der Waals surface area contributed by atoms with E-state index in [9.17, 15) is 4.79 Å². The van der Waals surface area contributed by atoms with Crippen LogP contribution in [0.1, 0.15) is 18.7 Å². The number of hydrogen-bond acceptors (Lipinski definition) is 5. The van der Waals surface area contributed by atoms with E-state index in [4.69, 9.17) is 0 Å². The molecular formula is C14H19N5OS. The average Bonchev–Trinajstić information content (AvgIpc) is 3.17. The van der Waals surface area contributed by atoms with E-state index in [1.165, 1.54) is 0 Å². The third-order valence-corrected chi connectivity index (χ3v) is 4.82. The maximum Gasteiger partial charge on any atom is 0.245 e. The fourth-order valence-electron chi connectivity index (χ4n) is 2.50. The van der Waals surface area contributed by atoms with Gasteiger partial charge in [-0.2, -0.15) is 0 Å². The first kappa shape index (κ1) is 14.1. The Labute approximate surface area is 128 Å². The largest absolute Gasteiger partial charge is 0.345 e. The van der Waals surface area contributed by atoms with Crippen LogP contribution in [0, 0.1) is 6.92 Å². The predicted molar refractivity (Wildman–Crippen MR) is 82.6 cm³/mol. The van der Waals surface area contributed by atoms with Crippen LogP contribution in [-0.4, -0.2) is 51.5 Å². The fourth-order valence-corrected chi connectivity index (χ4v) is 3.35. The summed E-state index contributed by atoms with van der Waals surface area (Å²) in [5.74, 6) is 0.156. The van der Waals surface area contributed by atoms with Crippen molar-refractivity contribution in [2.75, 3.05) is 31.1 Å². The minimum absolute atomic E-state index is 0.156. The molecule has 1 atom stereocenters. The first-order valence-corrected chi connectivity index (χ1v) is 7.96. The number of imidazole rings is 1. The van der Waals surface area contributed by atoms with E-state index in [1.807, 2.05) is 29.5 Å². The molecule has 0 saturated carbocycles. The molecule has 3 rings (SSSR count). The molecule has 7 heteroatoms. The lowest BCUT2D eigenvalue weighted by Gasteiger charge is -2.35. The molecule has 112 valence electrons. The number of aromatic nitrogens is 3. The topological polar surface area (TPSA) is 54.3 Å². The molecule has 0 aliphatic carbocycles. The monoisotopic (exact) mass is 305 g/mol. The summed E-state index contributed by atoms with van der Waals surface area (Å²) in [4.78, 5) is 25.2. The number of anilines is 1. The number of thiazole rings is 1. The Morgan fingerprint density at radius 1 is 1.33 bits per heavy atom. The Kier molecular flexibility index (Phi) is 3.92. The van der Waals surface area contributed by atoms with E-state index in [2.05, 4.69) is 20.2 Å². The molecular weight excluding hydrogens is 286 g/mol. The summed E-state index contributed by atoms with van der Waals surface area (Å²) in [6.45, 7) is 7.10. The fraction of sp³-hybridized carbons (Fsp3) is 0.500. The summed E-state index contributed by atoms with van der Waals surface area (Å²) in [5.41, 5.74) is 1.06. The van der Waals surface area contributed by atoms with Gasteiger partial charge >= 0.3 is 0 Å². The molecule has 6 nitrogen and oxygen atoms in total. The Hall–Kier alpha value is -1.89. The highest BCUT2D eigenvalue weighted by molar-refractivity contribution is 7.13. The zero-order chi connectivity index (χ0) is 14.8. The highest BCUT2D eigenvalue weighted by atomic mass is 32.1. The highest BCUT2D eigenvalue weighted by Gasteiger charge is 2.26. The van der Waals surface area contributed by atoms with Crippen LogP contribution in [-0.2, 0) is 4.79 Å². The van der Waals surface area contributed by atoms with Crippen molar-refractivity contribution in [3.63, 3.8) is 0 Å². The lowest BCUT2D eigenvalue weighted by atomic mass is 10.2. The molecule has 21 heavy (non-hydrogen) atoms. The molecule has 2 aromatic heterocycles. The molecule has 0 aromatic carbocycles. The van der Waals surface area contributed by atoms with E-state index in [0.717, 1.165) is 37.0 Å². The molecule has 2 aromatic rings. The number of hydrogen-bond donors (Lipinski definition) is 0. The summed E-state index contributed by atoms with van der Waals surface area (Å²) in [5, 5.41) is 3.12. The van der Waals surface area contributed by atoms with Crippen LogP contribution in [0.3, 0.4) is 0 Å². The number of piperazine rings is 1. The van der Waals surface area contributed by atoms with Gasteiger partial charge < -0.3 is 14.4 Å². The Morgan fingerprint density at radius 2 is 2.10 bits per heavy atom. The molecule has 3 heterocycles. The smallest absolute Gasteiger partial charge is 0.245 e. The second-order valence-electron chi connectivity index (χ2n) is 5.27. The maximum absolute atomic E-state index is 12.5. The molecule has 1 saturated heterocycles. The van der Waals surface area contributed by atoms with Gasteiger partial charge in [0.05, 0.1) is 12.0 Å². The van der Waals surface area contributed by atoms with Gasteiger partial charge in [-0.15, -0.1) is 11.3 Å². The summed E-state index contributed by atoms with van der Waals surface area (Å²) >= 11 is 1.67. The van der Waals surface area contributed by atoms with Crippen molar-refractivity contribution in [2.24, 2.45) is 0 Å². The third kappa shape index (κ3) is 2.92. The lowest BCUT2D eigenvalue weighted by Crippen LogP contribution is -2.50. The van der Waals surface area contributed by atoms with Crippen LogP contribution in [0.5, 0.6) is 0 Å². The molecule has 0 radical (unpaired) electrons. The van der Waals surface area contributed by atoms with Gasteiger partial charge in [0, 0.05) is 44.0 Å². The summed E-state index contributed by atoms with van der Waals surface area (Å²) in [6, 6.07) is -0.193. The van der Waals surface area contributed by atoms with Gasteiger partial charge in [-0.25, -0.2) is 9.97 Å². The van der Waals surface area contributed by atoms with E-state index in [0.29, 0.717) is 0 Å². The van der Waals surface area contributed by atoms with Crippen LogP contribution in [0.15, 0.2) is 24.1 Å².